The van der Waals surface area contributed by atoms with E-state index in [1.807, 2.05) is 24.9 Å². The van der Waals surface area contributed by atoms with Gasteiger partial charge in [-0.2, -0.15) is 10.4 Å². The van der Waals surface area contributed by atoms with E-state index in [0.717, 1.165) is 43.1 Å². The first kappa shape index (κ1) is 42.6. The number of likely N-dealkylation sites (N-methyl/N-ethyl adjacent to an activating group) is 1. The topological polar surface area (TPSA) is 143 Å². The van der Waals surface area contributed by atoms with Crippen LogP contribution in [0.1, 0.15) is 30.0 Å². The van der Waals surface area contributed by atoms with E-state index in [2.05, 4.69) is 15.0 Å². The van der Waals surface area contributed by atoms with E-state index in [4.69, 9.17) is 19.5 Å². The number of piperazine rings is 1. The molecule has 3 aliphatic rings. The maximum absolute atomic E-state index is 16.2. The van der Waals surface area contributed by atoms with Crippen LogP contribution in [-0.4, -0.2) is 117 Å². The quantitative estimate of drug-likeness (QED) is 0.155. The SMILES string of the molecule is CCC(Cn1cncn1)C1=CC=C[C@](C(=O)O)(c2ccc(F)cc2F)[C@]1(COC(=O)CN1CCN(C)CC1)SC1COC(C=CC=Cc2ccc(C#N)cc2F)OC1. The number of carbonyl (C=O) groups is 2. The van der Waals surface area contributed by atoms with Crippen LogP contribution in [0.25, 0.3) is 6.08 Å². The average Bonchev–Trinajstić information content (AvgIpc) is 3.73. The van der Waals surface area contributed by atoms with Gasteiger partial charge in [-0.3, -0.25) is 19.2 Å². The zero-order valence-electron chi connectivity index (χ0n) is 32.2. The number of aromatic nitrogens is 3. The highest BCUT2D eigenvalue weighted by molar-refractivity contribution is 8.01. The number of carboxylic acids is 1. The molecule has 1 aromatic heterocycles. The number of nitriles is 1. The van der Waals surface area contributed by atoms with E-state index in [0.29, 0.717) is 36.7 Å². The smallest absolute Gasteiger partial charge is 0.320 e. The van der Waals surface area contributed by atoms with E-state index in [-0.39, 0.29) is 37.4 Å². The molecule has 0 bridgehead atoms. The molecule has 0 amide bonds. The standard InChI is InChI=1S/C42H45F3N6O6S/c1-3-30(22-51-28-47-27-48-51)34-8-6-14-41(40(53)54,35-13-12-32(43)20-37(35)45)42(34,26-57-38(52)23-50-17-15-49(2)16-18-50)58-33-24-55-39(56-25-33)9-5-4-7-31-11-10-29(21-46)19-36(31)44/h4-14,19-20,27-28,30,33,39H,3,15-18,22-26H2,1-2H3,(H,53,54)/t30?,33?,39?,41-,42-/m1/s1. The number of nitrogens with zero attached hydrogens (tertiary/aromatic N) is 6. The van der Waals surface area contributed by atoms with Crippen molar-refractivity contribution in [2.75, 3.05) is 59.6 Å². The summed E-state index contributed by atoms with van der Waals surface area (Å²) in [6, 6.07) is 8.88. The van der Waals surface area contributed by atoms with Crippen molar-refractivity contribution in [3.63, 3.8) is 0 Å². The Morgan fingerprint density at radius 3 is 2.53 bits per heavy atom. The van der Waals surface area contributed by atoms with E-state index in [1.54, 1.807) is 41.4 Å². The number of hydrogen-bond donors (Lipinski definition) is 1. The van der Waals surface area contributed by atoms with Gasteiger partial charge in [0.05, 0.1) is 41.4 Å². The van der Waals surface area contributed by atoms with Crippen LogP contribution in [0.3, 0.4) is 0 Å². The number of allylic oxidation sites excluding steroid dienone is 4. The van der Waals surface area contributed by atoms with E-state index < -0.39 is 63.6 Å². The summed E-state index contributed by atoms with van der Waals surface area (Å²) in [5, 5.41) is 24.1. The first-order valence-electron chi connectivity index (χ1n) is 18.9. The lowest BCUT2D eigenvalue weighted by molar-refractivity contribution is -0.151. The lowest BCUT2D eigenvalue weighted by atomic mass is 9.62. The summed E-state index contributed by atoms with van der Waals surface area (Å²) in [5.74, 6) is -4.90. The number of halogens is 3. The van der Waals surface area contributed by atoms with Crippen molar-refractivity contribution in [2.24, 2.45) is 5.92 Å². The van der Waals surface area contributed by atoms with Crippen LogP contribution < -0.4 is 0 Å². The molecule has 1 N–H and O–H groups in total. The molecule has 12 nitrogen and oxygen atoms in total. The van der Waals surface area contributed by atoms with Crippen LogP contribution in [0.2, 0.25) is 0 Å². The summed E-state index contributed by atoms with van der Waals surface area (Å²) in [6.07, 6.45) is 13.8. The highest BCUT2D eigenvalue weighted by Crippen LogP contribution is 2.57. The number of ether oxygens (including phenoxy) is 3. The fraction of sp³-hybridized carbons (Fsp3) is 0.405. The minimum atomic E-state index is -2.22. The largest absolute Gasteiger partial charge is 0.480 e. The Morgan fingerprint density at radius 2 is 1.88 bits per heavy atom. The van der Waals surface area contributed by atoms with Crippen molar-refractivity contribution in [2.45, 2.75) is 41.6 Å². The molecule has 2 saturated heterocycles. The molecule has 3 atom stereocenters. The highest BCUT2D eigenvalue weighted by Gasteiger charge is 2.63. The van der Waals surface area contributed by atoms with Crippen molar-refractivity contribution >= 4 is 29.8 Å². The van der Waals surface area contributed by atoms with Gasteiger partial charge < -0.3 is 24.2 Å². The van der Waals surface area contributed by atoms with Crippen LogP contribution in [0.15, 0.2) is 91.1 Å². The number of rotatable bonds is 15. The fourth-order valence-electron chi connectivity index (χ4n) is 7.55. The molecular weight excluding hydrogens is 774 g/mol. The second-order valence-corrected chi connectivity index (χ2v) is 16.0. The van der Waals surface area contributed by atoms with Crippen molar-refractivity contribution in [3.8, 4) is 6.07 Å². The summed E-state index contributed by atoms with van der Waals surface area (Å²) in [4.78, 5) is 35.9. The minimum absolute atomic E-state index is 0.0272. The van der Waals surface area contributed by atoms with Gasteiger partial charge in [-0.05, 0) is 43.3 Å². The Hall–Kier alpha value is -5.05. The third-order valence-corrected chi connectivity index (χ3v) is 12.3. The average molecular weight is 819 g/mol. The normalized spacial score (nSPS) is 24.8. The van der Waals surface area contributed by atoms with Gasteiger partial charge in [0.2, 0.25) is 0 Å². The summed E-state index contributed by atoms with van der Waals surface area (Å²) < 4.78 is 63.2. The predicted molar refractivity (Wildman–Crippen MR) is 211 cm³/mol. The molecule has 0 radical (unpaired) electrons. The molecule has 0 saturated carbocycles. The molecule has 16 heteroatoms. The van der Waals surface area contributed by atoms with Crippen LogP contribution in [0, 0.1) is 34.7 Å². The van der Waals surface area contributed by atoms with Gasteiger partial charge in [0.15, 0.2) is 6.29 Å². The third kappa shape index (κ3) is 9.46. The van der Waals surface area contributed by atoms with Gasteiger partial charge in [-0.25, -0.2) is 18.2 Å². The zero-order valence-corrected chi connectivity index (χ0v) is 33.0. The fourth-order valence-corrected chi connectivity index (χ4v) is 9.36. The number of thioether (sulfide) groups is 1. The number of benzene rings is 2. The van der Waals surface area contributed by atoms with Crippen LogP contribution in [-0.2, 0) is 35.8 Å². The van der Waals surface area contributed by atoms with Gasteiger partial charge in [-0.15, -0.1) is 11.8 Å². The Kier molecular flexibility index (Phi) is 14.0. The Bertz CT molecular complexity index is 2090. The van der Waals surface area contributed by atoms with Gasteiger partial charge in [-0.1, -0.05) is 55.5 Å². The lowest BCUT2D eigenvalue weighted by Gasteiger charge is -2.52. The second-order valence-electron chi connectivity index (χ2n) is 14.4. The third-order valence-electron chi connectivity index (χ3n) is 10.7. The van der Waals surface area contributed by atoms with Crippen molar-refractivity contribution < 1.29 is 42.1 Å². The number of carboxylic acid groups (broad SMARTS) is 1. The molecule has 2 aliphatic heterocycles. The monoisotopic (exact) mass is 818 g/mol. The van der Waals surface area contributed by atoms with Crippen LogP contribution in [0.5, 0.6) is 0 Å². The molecule has 6 rings (SSSR count). The summed E-state index contributed by atoms with van der Waals surface area (Å²) >= 11 is 1.16. The van der Waals surface area contributed by atoms with E-state index in [1.165, 1.54) is 30.6 Å². The molecular formula is C42H45F3N6O6S. The van der Waals surface area contributed by atoms with Gasteiger partial charge in [0, 0.05) is 55.8 Å². The predicted octanol–water partition coefficient (Wildman–Crippen LogP) is 5.39. The van der Waals surface area contributed by atoms with Gasteiger partial charge in [0.25, 0.3) is 0 Å². The number of esters is 1. The molecule has 1 aliphatic carbocycles. The highest BCUT2D eigenvalue weighted by atomic mass is 32.2. The summed E-state index contributed by atoms with van der Waals surface area (Å²) in [5.41, 5.74) is -1.46. The van der Waals surface area contributed by atoms with E-state index >= 15 is 4.39 Å². The minimum Gasteiger partial charge on any atom is -0.480 e. The molecule has 306 valence electrons. The molecule has 58 heavy (non-hydrogen) atoms. The van der Waals surface area contributed by atoms with Gasteiger partial charge >= 0.3 is 11.9 Å². The first-order valence-corrected chi connectivity index (χ1v) is 19.8. The molecule has 2 aromatic carbocycles. The van der Waals surface area contributed by atoms with Crippen LogP contribution >= 0.6 is 11.8 Å². The molecule has 3 heterocycles. The maximum atomic E-state index is 16.2. The van der Waals surface area contributed by atoms with Gasteiger partial charge in [0.1, 0.15) is 42.1 Å². The Balaban J connectivity index is 1.34. The zero-order chi connectivity index (χ0) is 41.3. The molecule has 3 aromatic rings. The summed E-state index contributed by atoms with van der Waals surface area (Å²) in [7, 11) is 2.00. The molecule has 0 spiro atoms. The van der Waals surface area contributed by atoms with Crippen LogP contribution in [0.4, 0.5) is 13.2 Å². The Labute approximate surface area is 339 Å². The van der Waals surface area contributed by atoms with Crippen molar-refractivity contribution in [1.82, 2.24) is 24.6 Å². The summed E-state index contributed by atoms with van der Waals surface area (Å²) in [6.45, 7) is 4.64. The first-order chi connectivity index (χ1) is 28.0. The number of hydrogen-bond acceptors (Lipinski definition) is 11. The van der Waals surface area contributed by atoms with Crippen molar-refractivity contribution in [3.05, 3.63) is 125 Å². The molecule has 2 fully saturated rings. The number of carbonyl (C=O) groups excluding carboxylic acids is 1. The van der Waals surface area contributed by atoms with E-state index in [9.17, 15) is 23.5 Å². The van der Waals surface area contributed by atoms with Crippen molar-refractivity contribution in [1.29, 1.82) is 5.26 Å². The molecule has 1 unspecified atom stereocenters. The Morgan fingerprint density at radius 1 is 1.10 bits per heavy atom. The number of aliphatic carboxylic acids is 1. The second kappa shape index (κ2) is 19.1. The maximum Gasteiger partial charge on any atom is 0.320 e. The lowest BCUT2D eigenvalue weighted by Crippen LogP contribution is -2.61.